The minimum Gasteiger partial charge on any atom is -0.489 e. The first-order chi connectivity index (χ1) is 14.8. The molecule has 4 nitrogen and oxygen atoms in total. The van der Waals surface area contributed by atoms with Crippen molar-refractivity contribution in [3.63, 3.8) is 0 Å². The van der Waals surface area contributed by atoms with Gasteiger partial charge in [-0.15, -0.1) is 0 Å². The van der Waals surface area contributed by atoms with Gasteiger partial charge >= 0.3 is 5.97 Å². The Balaban J connectivity index is 1.50. The van der Waals surface area contributed by atoms with E-state index < -0.39 is 23.4 Å². The molecule has 0 bridgehead atoms. The quantitative estimate of drug-likeness (QED) is 0.452. The predicted octanol–water partition coefficient (Wildman–Crippen LogP) is 5.20. The summed E-state index contributed by atoms with van der Waals surface area (Å²) in [6.07, 6.45) is 2.05. The number of aromatic carboxylic acids is 1. The summed E-state index contributed by atoms with van der Waals surface area (Å²) in [5, 5.41) is 8.97. The Hall–Kier alpha value is -3.87. The summed E-state index contributed by atoms with van der Waals surface area (Å²) < 4.78 is 45.6. The Bertz CT molecular complexity index is 1230. The normalized spacial score (nSPS) is 14.0. The molecule has 0 fully saturated rings. The maximum atomic E-state index is 13.8. The highest BCUT2D eigenvalue weighted by Gasteiger charge is 2.25. The van der Waals surface area contributed by atoms with E-state index in [0.29, 0.717) is 34.9 Å². The lowest BCUT2D eigenvalue weighted by molar-refractivity contribution is 0.0696. The fraction of sp³-hybridized carbons (Fsp3) is 0.0833. The second-order valence-corrected chi connectivity index (χ2v) is 7.07. The van der Waals surface area contributed by atoms with Crippen LogP contribution in [0.1, 0.15) is 37.4 Å². The first kappa shape index (κ1) is 20.4. The molecule has 7 heteroatoms. The number of ketones is 1. The molecule has 1 aliphatic carbocycles. The van der Waals surface area contributed by atoms with Crippen LogP contribution in [0, 0.1) is 17.5 Å². The summed E-state index contributed by atoms with van der Waals surface area (Å²) >= 11 is 0. The lowest BCUT2D eigenvalue weighted by Crippen LogP contribution is -2.01. The smallest absolute Gasteiger partial charge is 0.335 e. The van der Waals surface area contributed by atoms with Crippen LogP contribution in [0.4, 0.5) is 13.2 Å². The molecule has 3 aromatic carbocycles. The van der Waals surface area contributed by atoms with Gasteiger partial charge < -0.3 is 9.84 Å². The second kappa shape index (κ2) is 8.10. The van der Waals surface area contributed by atoms with Crippen molar-refractivity contribution in [3.8, 4) is 5.75 Å². The van der Waals surface area contributed by atoms with Crippen LogP contribution in [0.2, 0.25) is 0 Å². The molecule has 1 aliphatic rings. The molecule has 0 aromatic heterocycles. The maximum absolute atomic E-state index is 13.8. The summed E-state index contributed by atoms with van der Waals surface area (Å²) in [5.41, 5.74) is 2.51. The number of hydrogen-bond acceptors (Lipinski definition) is 3. The molecule has 0 atom stereocenters. The number of carbonyl (C=O) groups is 2. The SMILES string of the molecule is O=C(O)c1ccc(/C=C2\Cc3cc(OCc4cc(F)c(F)cc4F)ccc3C2=O)cc1. The summed E-state index contributed by atoms with van der Waals surface area (Å²) in [4.78, 5) is 23.6. The van der Waals surface area contributed by atoms with Gasteiger partial charge in [-0.3, -0.25) is 4.79 Å². The monoisotopic (exact) mass is 424 g/mol. The summed E-state index contributed by atoms with van der Waals surface area (Å²) in [7, 11) is 0. The van der Waals surface area contributed by atoms with E-state index in [-0.39, 0.29) is 23.5 Å². The molecular formula is C24H15F3O4. The van der Waals surface area contributed by atoms with Gasteiger partial charge in [0.25, 0.3) is 0 Å². The molecule has 1 N–H and O–H groups in total. The van der Waals surface area contributed by atoms with Crippen LogP contribution in [-0.2, 0) is 13.0 Å². The third-order valence-corrected chi connectivity index (χ3v) is 4.98. The molecule has 0 spiro atoms. The van der Waals surface area contributed by atoms with E-state index in [1.54, 1.807) is 36.4 Å². The van der Waals surface area contributed by atoms with Crippen molar-refractivity contribution in [2.24, 2.45) is 0 Å². The molecular weight excluding hydrogens is 409 g/mol. The van der Waals surface area contributed by atoms with Gasteiger partial charge in [0.2, 0.25) is 0 Å². The molecule has 0 aliphatic heterocycles. The molecule has 3 aromatic rings. The van der Waals surface area contributed by atoms with Crippen LogP contribution in [0.5, 0.6) is 5.75 Å². The van der Waals surface area contributed by atoms with E-state index in [2.05, 4.69) is 0 Å². The topological polar surface area (TPSA) is 63.6 Å². The maximum Gasteiger partial charge on any atom is 0.335 e. The van der Waals surface area contributed by atoms with Crippen molar-refractivity contribution in [1.82, 2.24) is 0 Å². The lowest BCUT2D eigenvalue weighted by Gasteiger charge is -2.09. The van der Waals surface area contributed by atoms with Crippen molar-refractivity contribution >= 4 is 17.8 Å². The largest absolute Gasteiger partial charge is 0.489 e. The number of benzene rings is 3. The van der Waals surface area contributed by atoms with E-state index in [9.17, 15) is 22.8 Å². The number of carboxylic acids is 1. The van der Waals surface area contributed by atoms with Crippen LogP contribution in [-0.4, -0.2) is 16.9 Å². The first-order valence-electron chi connectivity index (χ1n) is 9.29. The second-order valence-electron chi connectivity index (χ2n) is 7.07. The highest BCUT2D eigenvalue weighted by molar-refractivity contribution is 6.15. The highest BCUT2D eigenvalue weighted by Crippen LogP contribution is 2.31. The van der Waals surface area contributed by atoms with E-state index in [1.165, 1.54) is 12.1 Å². The molecule has 0 saturated carbocycles. The number of hydrogen-bond donors (Lipinski definition) is 1. The van der Waals surface area contributed by atoms with Crippen LogP contribution in [0.25, 0.3) is 6.08 Å². The number of carboxylic acid groups (broad SMARTS) is 1. The van der Waals surface area contributed by atoms with Gasteiger partial charge in [-0.05, 0) is 53.6 Å². The Morgan fingerprint density at radius 1 is 0.968 bits per heavy atom. The number of ether oxygens (including phenoxy) is 1. The summed E-state index contributed by atoms with van der Waals surface area (Å²) in [6, 6.07) is 12.2. The molecule has 0 unspecified atom stereocenters. The zero-order valence-electron chi connectivity index (χ0n) is 16.0. The first-order valence-corrected chi connectivity index (χ1v) is 9.29. The Labute approximate surface area is 175 Å². The van der Waals surface area contributed by atoms with Crippen LogP contribution in [0.3, 0.4) is 0 Å². The van der Waals surface area contributed by atoms with Gasteiger partial charge in [-0.1, -0.05) is 12.1 Å². The van der Waals surface area contributed by atoms with Crippen molar-refractivity contribution < 1.29 is 32.6 Å². The molecule has 0 amide bonds. The average molecular weight is 424 g/mol. The standard InChI is InChI=1S/C24H15F3O4/c25-20-11-22(27)21(26)10-17(20)12-31-18-5-6-19-15(9-18)8-16(23(19)28)7-13-1-3-14(4-2-13)24(29)30/h1-7,9-11H,8,12H2,(H,29,30)/b16-7+. The van der Waals surface area contributed by atoms with Crippen molar-refractivity contribution in [3.05, 3.63) is 105 Å². The van der Waals surface area contributed by atoms with Gasteiger partial charge in [-0.2, -0.15) is 0 Å². The lowest BCUT2D eigenvalue weighted by atomic mass is 10.1. The van der Waals surface area contributed by atoms with Gasteiger partial charge in [0.05, 0.1) is 5.56 Å². The summed E-state index contributed by atoms with van der Waals surface area (Å²) in [6.45, 7) is -0.297. The molecule has 156 valence electrons. The number of Topliss-reactive ketones (excluding diaryl/α,β-unsaturated/α-hetero) is 1. The van der Waals surface area contributed by atoms with Gasteiger partial charge in [0, 0.05) is 29.2 Å². The minimum absolute atomic E-state index is 0.124. The van der Waals surface area contributed by atoms with Crippen molar-refractivity contribution in [1.29, 1.82) is 0 Å². The number of allylic oxidation sites excluding steroid dienone is 1. The fourth-order valence-corrected chi connectivity index (χ4v) is 3.36. The molecule has 0 saturated heterocycles. The van der Waals surface area contributed by atoms with Crippen molar-refractivity contribution in [2.75, 3.05) is 0 Å². The van der Waals surface area contributed by atoms with E-state index in [0.717, 1.165) is 11.6 Å². The van der Waals surface area contributed by atoms with E-state index in [4.69, 9.17) is 9.84 Å². The molecule has 0 radical (unpaired) electrons. The average Bonchev–Trinajstić information content (AvgIpc) is 3.05. The molecule has 0 heterocycles. The highest BCUT2D eigenvalue weighted by atomic mass is 19.2. The van der Waals surface area contributed by atoms with Crippen LogP contribution in [0.15, 0.2) is 60.2 Å². The zero-order chi connectivity index (χ0) is 22.1. The van der Waals surface area contributed by atoms with Crippen LogP contribution >= 0.6 is 0 Å². The Morgan fingerprint density at radius 3 is 2.39 bits per heavy atom. The number of carbonyl (C=O) groups excluding carboxylic acids is 1. The van der Waals surface area contributed by atoms with Gasteiger partial charge in [0.1, 0.15) is 18.2 Å². The van der Waals surface area contributed by atoms with Gasteiger partial charge in [-0.25, -0.2) is 18.0 Å². The number of halogens is 3. The predicted molar refractivity (Wildman–Crippen MR) is 107 cm³/mol. The van der Waals surface area contributed by atoms with E-state index >= 15 is 0 Å². The number of fused-ring (bicyclic) bond motifs is 1. The van der Waals surface area contributed by atoms with Crippen LogP contribution < -0.4 is 4.74 Å². The third-order valence-electron chi connectivity index (χ3n) is 4.98. The molecule has 4 rings (SSSR count). The van der Waals surface area contributed by atoms with Gasteiger partial charge in [0.15, 0.2) is 17.4 Å². The Kier molecular flexibility index (Phi) is 5.33. The minimum atomic E-state index is -1.27. The fourth-order valence-electron chi connectivity index (χ4n) is 3.36. The Morgan fingerprint density at radius 2 is 1.68 bits per heavy atom. The zero-order valence-corrected chi connectivity index (χ0v) is 16.0. The molecule has 31 heavy (non-hydrogen) atoms. The number of rotatable bonds is 5. The van der Waals surface area contributed by atoms with Crippen molar-refractivity contribution in [2.45, 2.75) is 13.0 Å². The third kappa shape index (κ3) is 4.21. The van der Waals surface area contributed by atoms with E-state index in [1.807, 2.05) is 0 Å². The summed E-state index contributed by atoms with van der Waals surface area (Å²) in [5.74, 6) is -4.15.